The molecule has 1 aromatic carbocycles. The molecule has 1 aliphatic rings. The summed E-state index contributed by atoms with van der Waals surface area (Å²) in [6.45, 7) is 10.8. The lowest BCUT2D eigenvalue weighted by atomic mass is 9.79. The maximum absolute atomic E-state index is 10.8. The molecule has 0 bridgehead atoms. The lowest BCUT2D eigenvalue weighted by Crippen LogP contribution is -2.62. The Morgan fingerprint density at radius 3 is 2.32 bits per heavy atom. The van der Waals surface area contributed by atoms with Gasteiger partial charge in [-0.2, -0.15) is 5.10 Å². The second kappa shape index (κ2) is 10.4. The molecule has 0 unspecified atom stereocenters. The molecule has 0 saturated carbocycles. The van der Waals surface area contributed by atoms with Gasteiger partial charge in [0.2, 0.25) is 5.95 Å². The minimum absolute atomic E-state index is 0. The molecule has 0 radical (unpaired) electrons. The summed E-state index contributed by atoms with van der Waals surface area (Å²) in [5.41, 5.74) is 4.38. The second-order valence-electron chi connectivity index (χ2n) is 10.8. The number of aromatic hydroxyl groups is 1. The van der Waals surface area contributed by atoms with Crippen molar-refractivity contribution in [1.29, 1.82) is 0 Å². The van der Waals surface area contributed by atoms with Crippen LogP contribution in [0.3, 0.4) is 0 Å². The van der Waals surface area contributed by atoms with Crippen molar-refractivity contribution >= 4 is 36.4 Å². The molecule has 1 saturated heterocycles. The molecule has 3 aromatic heterocycles. The highest BCUT2D eigenvalue weighted by Crippen LogP contribution is 2.34. The van der Waals surface area contributed by atoms with E-state index in [1.54, 1.807) is 16.8 Å². The van der Waals surface area contributed by atoms with E-state index in [1.165, 1.54) is 0 Å². The van der Waals surface area contributed by atoms with E-state index < -0.39 is 0 Å². The minimum atomic E-state index is 0. The smallest absolute Gasteiger partial charge is 0.245 e. The quantitative estimate of drug-likeness (QED) is 0.375. The topological polar surface area (TPSA) is 104 Å². The van der Waals surface area contributed by atoms with Gasteiger partial charge in [-0.1, -0.05) is 6.07 Å². The molecule has 5 rings (SSSR count). The van der Waals surface area contributed by atoms with Crippen molar-refractivity contribution in [1.82, 2.24) is 35.1 Å². The van der Waals surface area contributed by atoms with Gasteiger partial charge >= 0.3 is 0 Å². The number of fused-ring (bicyclic) bond motifs is 1. The number of aryl methyl sites for hydroxylation is 1. The van der Waals surface area contributed by atoms with Gasteiger partial charge in [0.25, 0.3) is 0 Å². The molecule has 2 N–H and O–H groups in total. The fourth-order valence-electron chi connectivity index (χ4n) is 5.32. The lowest BCUT2D eigenvalue weighted by molar-refractivity contribution is 0.160. The predicted molar refractivity (Wildman–Crippen MR) is 151 cm³/mol. The number of aromatic nitrogens is 6. The molecule has 198 valence electrons. The number of nitrogens with zero attached hydrogens (tertiary/aromatic N) is 7. The van der Waals surface area contributed by atoms with Gasteiger partial charge in [0.15, 0.2) is 5.65 Å². The Hall–Kier alpha value is -3.01. The molecule has 0 atom stereocenters. The monoisotopic (exact) mass is 544 g/mol. The first-order chi connectivity index (χ1) is 16.5. The van der Waals surface area contributed by atoms with Crippen LogP contribution >= 0.6 is 24.8 Å². The maximum atomic E-state index is 10.8. The number of benzene rings is 1. The number of halogens is 2. The van der Waals surface area contributed by atoms with E-state index in [2.05, 4.69) is 63.2 Å². The molecular weight excluding hydrogens is 511 g/mol. The zero-order valence-corrected chi connectivity index (χ0v) is 23.6. The summed E-state index contributed by atoms with van der Waals surface area (Å²) in [4.78, 5) is 11.1. The van der Waals surface area contributed by atoms with E-state index >= 15 is 0 Å². The minimum Gasteiger partial charge on any atom is -0.507 e. The fraction of sp³-hybridized carbons (Fsp3) is 0.423. The summed E-state index contributed by atoms with van der Waals surface area (Å²) in [5.74, 6) is 0.682. The third-order valence-corrected chi connectivity index (χ3v) is 6.59. The van der Waals surface area contributed by atoms with E-state index in [9.17, 15) is 5.11 Å². The number of piperidine rings is 1. The highest BCUT2D eigenvalue weighted by Gasteiger charge is 2.39. The van der Waals surface area contributed by atoms with Gasteiger partial charge in [-0.05, 0) is 71.7 Å². The van der Waals surface area contributed by atoms with Gasteiger partial charge in [-0.3, -0.25) is 0 Å². The lowest BCUT2D eigenvalue weighted by Gasteiger charge is -2.48. The Balaban J connectivity index is 0.00000190. The predicted octanol–water partition coefficient (Wildman–Crippen LogP) is 4.85. The van der Waals surface area contributed by atoms with E-state index in [0.717, 1.165) is 35.4 Å². The SMILES string of the molecule is Cc1cn2nc(-c3ccc(-c4cnc(N(C)C5CC(C)(C)NC(C)(C)C5)nn4)c(O)c3)ccc2n1.Cl.Cl. The largest absolute Gasteiger partial charge is 0.507 e. The molecule has 9 nitrogen and oxygen atoms in total. The Kier molecular flexibility index (Phi) is 8.02. The zero-order valence-electron chi connectivity index (χ0n) is 21.9. The first kappa shape index (κ1) is 28.6. The highest BCUT2D eigenvalue weighted by atomic mass is 35.5. The van der Waals surface area contributed by atoms with Crippen LogP contribution in [-0.2, 0) is 0 Å². The summed E-state index contributed by atoms with van der Waals surface area (Å²) in [6, 6.07) is 9.52. The summed E-state index contributed by atoms with van der Waals surface area (Å²) in [7, 11) is 2.02. The van der Waals surface area contributed by atoms with Crippen molar-refractivity contribution in [3.8, 4) is 28.3 Å². The molecule has 0 aliphatic carbocycles. The number of hydrogen-bond acceptors (Lipinski definition) is 8. The van der Waals surface area contributed by atoms with Crippen molar-refractivity contribution in [2.24, 2.45) is 0 Å². The molecule has 37 heavy (non-hydrogen) atoms. The normalized spacial score (nSPS) is 16.6. The molecule has 0 spiro atoms. The van der Waals surface area contributed by atoms with Crippen LogP contribution in [0, 0.1) is 6.92 Å². The van der Waals surface area contributed by atoms with E-state index in [4.69, 9.17) is 0 Å². The number of hydrogen-bond donors (Lipinski definition) is 2. The third-order valence-electron chi connectivity index (χ3n) is 6.59. The molecule has 4 aromatic rings. The van der Waals surface area contributed by atoms with E-state index in [1.807, 2.05) is 44.4 Å². The summed E-state index contributed by atoms with van der Waals surface area (Å²) in [6.07, 6.45) is 5.51. The van der Waals surface area contributed by atoms with Crippen LogP contribution in [0.5, 0.6) is 5.75 Å². The zero-order chi connectivity index (χ0) is 25.0. The van der Waals surface area contributed by atoms with E-state index in [0.29, 0.717) is 23.2 Å². The van der Waals surface area contributed by atoms with Gasteiger partial charge in [0, 0.05) is 35.3 Å². The summed E-state index contributed by atoms with van der Waals surface area (Å²) >= 11 is 0. The number of anilines is 1. The number of rotatable bonds is 4. The number of imidazole rings is 1. The van der Waals surface area contributed by atoms with Crippen molar-refractivity contribution in [2.75, 3.05) is 11.9 Å². The molecule has 4 heterocycles. The fourth-order valence-corrected chi connectivity index (χ4v) is 5.32. The Morgan fingerprint density at radius 1 is 1.00 bits per heavy atom. The van der Waals surface area contributed by atoms with Gasteiger partial charge in [0.1, 0.15) is 11.4 Å². The number of phenols is 1. The third kappa shape index (κ3) is 5.95. The van der Waals surface area contributed by atoms with Crippen LogP contribution in [0.1, 0.15) is 46.2 Å². The first-order valence-corrected chi connectivity index (χ1v) is 11.9. The van der Waals surface area contributed by atoms with Crippen LogP contribution < -0.4 is 10.2 Å². The standard InChI is InChI=1S/C26H32N8O.2ClH/c1-16-15-34-23(28-16)10-9-20(31-34)17-7-8-19(22(35)11-17)21-14-27-24(30-29-21)33(6)18-12-25(2,3)32-26(4,5)13-18;;/h7-11,14-15,18,32,35H,12-13H2,1-6H3;2*1H. The average molecular weight is 546 g/mol. The van der Waals surface area contributed by atoms with Crippen molar-refractivity contribution < 1.29 is 5.11 Å². The van der Waals surface area contributed by atoms with Crippen molar-refractivity contribution in [3.05, 3.63) is 48.4 Å². The Morgan fingerprint density at radius 2 is 1.70 bits per heavy atom. The van der Waals surface area contributed by atoms with Crippen LogP contribution in [-0.4, -0.2) is 59.1 Å². The molecule has 1 fully saturated rings. The molecular formula is C26H34Cl2N8O. The second-order valence-corrected chi connectivity index (χ2v) is 10.8. The number of nitrogens with one attached hydrogen (secondary N) is 1. The van der Waals surface area contributed by atoms with Crippen molar-refractivity contribution in [3.63, 3.8) is 0 Å². The van der Waals surface area contributed by atoms with Gasteiger partial charge in [-0.25, -0.2) is 14.5 Å². The first-order valence-electron chi connectivity index (χ1n) is 11.9. The van der Waals surface area contributed by atoms with Crippen LogP contribution in [0.25, 0.3) is 28.2 Å². The Bertz CT molecular complexity index is 1370. The summed E-state index contributed by atoms with van der Waals surface area (Å²) in [5, 5.41) is 27.9. The van der Waals surface area contributed by atoms with Gasteiger partial charge in [0.05, 0.1) is 23.8 Å². The van der Waals surface area contributed by atoms with Crippen LogP contribution in [0.15, 0.2) is 42.7 Å². The van der Waals surface area contributed by atoms with Gasteiger partial charge in [-0.15, -0.1) is 35.0 Å². The molecule has 11 heteroatoms. The van der Waals surface area contributed by atoms with Crippen molar-refractivity contribution in [2.45, 2.75) is 64.6 Å². The summed E-state index contributed by atoms with van der Waals surface area (Å²) < 4.78 is 1.74. The maximum Gasteiger partial charge on any atom is 0.245 e. The molecule has 1 aliphatic heterocycles. The number of phenolic OH excluding ortho intramolecular Hbond substituents is 1. The highest BCUT2D eigenvalue weighted by molar-refractivity contribution is 5.85. The van der Waals surface area contributed by atoms with E-state index in [-0.39, 0.29) is 41.6 Å². The Labute approximate surface area is 229 Å². The van der Waals surface area contributed by atoms with Crippen LogP contribution in [0.4, 0.5) is 5.95 Å². The average Bonchev–Trinajstić information content (AvgIpc) is 3.16. The van der Waals surface area contributed by atoms with Gasteiger partial charge < -0.3 is 15.3 Å². The van der Waals surface area contributed by atoms with Crippen LogP contribution in [0.2, 0.25) is 0 Å². The molecule has 0 amide bonds.